The summed E-state index contributed by atoms with van der Waals surface area (Å²) in [5.74, 6) is -0.559. The molecular formula is C33H45NO4. The number of nitrogens with zero attached hydrogens (tertiary/aromatic N) is 1. The number of allylic oxidation sites excluding steroid dienone is 4. The van der Waals surface area contributed by atoms with E-state index in [0.717, 1.165) is 50.5 Å². The lowest BCUT2D eigenvalue weighted by Crippen LogP contribution is -2.64. The maximum atomic E-state index is 14.4. The summed E-state index contributed by atoms with van der Waals surface area (Å²) in [7, 11) is 0. The van der Waals surface area contributed by atoms with E-state index < -0.39 is 16.8 Å². The van der Waals surface area contributed by atoms with Crippen LogP contribution in [-0.2, 0) is 14.4 Å². The van der Waals surface area contributed by atoms with Crippen LogP contribution in [0.5, 0.6) is 0 Å². The second-order valence-corrected chi connectivity index (χ2v) is 15.5. The predicted molar refractivity (Wildman–Crippen MR) is 146 cm³/mol. The van der Waals surface area contributed by atoms with Crippen molar-refractivity contribution < 1.29 is 19.5 Å². The van der Waals surface area contributed by atoms with E-state index in [1.807, 2.05) is 26.0 Å². The van der Waals surface area contributed by atoms with Gasteiger partial charge in [-0.2, -0.15) is 5.26 Å². The Labute approximate surface area is 228 Å². The Hall–Kier alpha value is -2.22. The lowest BCUT2D eigenvalue weighted by Gasteiger charge is -2.69. The predicted octanol–water partition coefficient (Wildman–Crippen LogP) is 7.07. The van der Waals surface area contributed by atoms with Crippen molar-refractivity contribution in [2.24, 2.45) is 50.2 Å². The number of nitriles is 1. The van der Waals surface area contributed by atoms with Gasteiger partial charge in [0.1, 0.15) is 6.07 Å². The van der Waals surface area contributed by atoms with Gasteiger partial charge in [-0.15, -0.1) is 0 Å². The SMILES string of the molecule is CC1(C)CC[C@]2(CCC(=O)O)CC[C@]3(C)C(C(=O)C=C4[C@@]5(C)C=C(C#N)C(=O)C(C)(C)[C@@H]5CC[C@]43C)C2C1. The third-order valence-corrected chi connectivity index (χ3v) is 12.9. The van der Waals surface area contributed by atoms with Crippen LogP contribution < -0.4 is 0 Å². The first-order valence-corrected chi connectivity index (χ1v) is 14.6. The van der Waals surface area contributed by atoms with Gasteiger partial charge in [0.2, 0.25) is 0 Å². The van der Waals surface area contributed by atoms with E-state index in [0.29, 0.717) is 6.42 Å². The molecule has 0 amide bonds. The zero-order valence-corrected chi connectivity index (χ0v) is 24.4. The lowest BCUT2D eigenvalue weighted by atomic mass is 9.34. The minimum absolute atomic E-state index is 0.0405. The number of carbonyl (C=O) groups excluding carboxylic acids is 2. The number of hydrogen-bond donors (Lipinski definition) is 1. The number of Topliss-reactive ketones (excluding diaryl/α,β-unsaturated/α-hetero) is 1. The van der Waals surface area contributed by atoms with Crippen LogP contribution in [0.4, 0.5) is 0 Å². The summed E-state index contributed by atoms with van der Waals surface area (Å²) in [4.78, 5) is 39.3. The maximum Gasteiger partial charge on any atom is 0.303 e. The van der Waals surface area contributed by atoms with Gasteiger partial charge < -0.3 is 5.11 Å². The Bertz CT molecular complexity index is 1220. The molecule has 5 aliphatic carbocycles. The molecule has 0 aromatic carbocycles. The first-order chi connectivity index (χ1) is 17.5. The van der Waals surface area contributed by atoms with Gasteiger partial charge in [-0.1, -0.05) is 60.1 Å². The van der Waals surface area contributed by atoms with Crippen LogP contribution in [0.25, 0.3) is 0 Å². The van der Waals surface area contributed by atoms with Gasteiger partial charge in [0.25, 0.3) is 0 Å². The van der Waals surface area contributed by atoms with E-state index in [1.165, 1.54) is 0 Å². The quantitative estimate of drug-likeness (QED) is 0.430. The zero-order chi connectivity index (χ0) is 28.1. The van der Waals surface area contributed by atoms with Crippen molar-refractivity contribution in [3.8, 4) is 6.07 Å². The van der Waals surface area contributed by atoms with Gasteiger partial charge in [-0.3, -0.25) is 14.4 Å². The largest absolute Gasteiger partial charge is 0.481 e. The van der Waals surface area contributed by atoms with E-state index in [4.69, 9.17) is 0 Å². The Morgan fingerprint density at radius 3 is 2.32 bits per heavy atom. The standard InChI is InChI=1S/C33H45NO4/c1-28(2)12-14-33(11-9-25(36)37)15-13-32(7)26(21(33)18-28)22(35)16-24-30(5)17-20(19-34)27(38)29(3,4)23(30)8-10-31(24,32)6/h16-17,21,23,26H,8-15,18H2,1-7H3,(H,36,37)/t21?,23-,26?,30-,31+,32+,33+/m0/s1. The van der Waals surface area contributed by atoms with Crippen LogP contribution in [0.15, 0.2) is 23.3 Å². The summed E-state index contributed by atoms with van der Waals surface area (Å²) in [5, 5.41) is 19.5. The number of aliphatic carboxylic acids is 1. The van der Waals surface area contributed by atoms with Crippen molar-refractivity contribution in [1.82, 2.24) is 0 Å². The Morgan fingerprint density at radius 1 is 1.03 bits per heavy atom. The van der Waals surface area contributed by atoms with Crippen LogP contribution in [-0.4, -0.2) is 22.6 Å². The fourth-order valence-corrected chi connectivity index (χ4v) is 10.5. The first kappa shape index (κ1) is 27.4. The molecule has 0 aromatic rings. The Balaban J connectivity index is 1.66. The maximum absolute atomic E-state index is 14.4. The van der Waals surface area contributed by atoms with Crippen LogP contribution >= 0.6 is 0 Å². The molecule has 5 nitrogen and oxygen atoms in total. The minimum Gasteiger partial charge on any atom is -0.481 e. The van der Waals surface area contributed by atoms with Crippen molar-refractivity contribution in [2.45, 2.75) is 106 Å². The van der Waals surface area contributed by atoms with Crippen LogP contribution in [0.1, 0.15) is 106 Å². The highest BCUT2D eigenvalue weighted by Gasteiger charge is 2.69. The molecule has 0 heterocycles. The molecule has 0 radical (unpaired) electrons. The first-order valence-electron chi connectivity index (χ1n) is 14.6. The van der Waals surface area contributed by atoms with Gasteiger partial charge in [-0.05, 0) is 90.9 Å². The lowest BCUT2D eigenvalue weighted by molar-refractivity contribution is -0.173. The minimum atomic E-state index is -0.749. The van der Waals surface area contributed by atoms with Gasteiger partial charge in [-0.25, -0.2) is 0 Å². The van der Waals surface area contributed by atoms with Crippen molar-refractivity contribution in [3.63, 3.8) is 0 Å². The molecule has 38 heavy (non-hydrogen) atoms. The van der Waals surface area contributed by atoms with Gasteiger partial charge in [0, 0.05) is 23.2 Å². The molecule has 0 saturated heterocycles. The topological polar surface area (TPSA) is 95.2 Å². The molecule has 2 unspecified atom stereocenters. The van der Waals surface area contributed by atoms with E-state index in [2.05, 4.69) is 40.7 Å². The molecule has 0 aliphatic heterocycles. The average molecular weight is 520 g/mol. The Kier molecular flexibility index (Phi) is 5.87. The van der Waals surface area contributed by atoms with Crippen molar-refractivity contribution in [1.29, 1.82) is 5.26 Å². The number of carboxylic acids is 1. The van der Waals surface area contributed by atoms with Crippen molar-refractivity contribution >= 4 is 17.5 Å². The number of carboxylic acid groups (broad SMARTS) is 1. The smallest absolute Gasteiger partial charge is 0.303 e. The fourth-order valence-electron chi connectivity index (χ4n) is 10.5. The highest BCUT2D eigenvalue weighted by atomic mass is 16.4. The number of carbonyl (C=O) groups is 3. The molecule has 1 N–H and O–H groups in total. The van der Waals surface area contributed by atoms with Gasteiger partial charge in [0.05, 0.1) is 5.57 Å². The van der Waals surface area contributed by atoms with E-state index in [9.17, 15) is 24.8 Å². The number of fused-ring (bicyclic) bond motifs is 7. The summed E-state index contributed by atoms with van der Waals surface area (Å²) in [5.41, 5.74) is -0.293. The molecule has 0 bridgehead atoms. The van der Waals surface area contributed by atoms with Crippen molar-refractivity contribution in [3.05, 3.63) is 23.3 Å². The molecule has 5 heteroatoms. The number of hydrogen-bond acceptors (Lipinski definition) is 4. The van der Waals surface area contributed by atoms with Crippen molar-refractivity contribution in [2.75, 3.05) is 0 Å². The second kappa shape index (κ2) is 8.15. The summed E-state index contributed by atoms with van der Waals surface area (Å²) < 4.78 is 0. The monoisotopic (exact) mass is 519 g/mol. The van der Waals surface area contributed by atoms with E-state index in [1.54, 1.807) is 0 Å². The molecule has 5 aliphatic rings. The zero-order valence-electron chi connectivity index (χ0n) is 24.4. The number of rotatable bonds is 3. The third-order valence-electron chi connectivity index (χ3n) is 12.9. The van der Waals surface area contributed by atoms with Crippen LogP contribution in [0.2, 0.25) is 0 Å². The summed E-state index contributed by atoms with van der Waals surface area (Å²) >= 11 is 0. The van der Waals surface area contributed by atoms with Crippen LogP contribution in [0.3, 0.4) is 0 Å². The Morgan fingerprint density at radius 2 is 1.68 bits per heavy atom. The molecule has 0 aromatic heterocycles. The third kappa shape index (κ3) is 3.44. The normalized spacial score (nSPS) is 44.8. The van der Waals surface area contributed by atoms with Gasteiger partial charge in [0.15, 0.2) is 11.6 Å². The summed E-state index contributed by atoms with van der Waals surface area (Å²) in [6, 6.07) is 2.18. The fraction of sp³-hybridized carbons (Fsp3) is 0.758. The molecular weight excluding hydrogens is 474 g/mol. The molecule has 7 atom stereocenters. The molecule has 3 fully saturated rings. The number of ketones is 2. The molecule has 3 saturated carbocycles. The summed E-state index contributed by atoms with van der Waals surface area (Å²) in [6.07, 6.45) is 11.4. The molecule has 5 rings (SSSR count). The van der Waals surface area contributed by atoms with E-state index in [-0.39, 0.29) is 63.0 Å². The van der Waals surface area contributed by atoms with Gasteiger partial charge >= 0.3 is 5.97 Å². The molecule has 0 spiro atoms. The highest BCUT2D eigenvalue weighted by Crippen LogP contribution is 2.75. The van der Waals surface area contributed by atoms with E-state index >= 15 is 0 Å². The summed E-state index contributed by atoms with van der Waals surface area (Å²) in [6.45, 7) is 15.4. The average Bonchev–Trinajstić information content (AvgIpc) is 2.82. The second-order valence-electron chi connectivity index (χ2n) is 15.5. The molecule has 206 valence electrons. The highest BCUT2D eigenvalue weighted by molar-refractivity contribution is 6.04. The van der Waals surface area contributed by atoms with Crippen LogP contribution in [0, 0.1) is 61.6 Å².